The zero-order chi connectivity index (χ0) is 19.5. The lowest BCUT2D eigenvalue weighted by Crippen LogP contribution is -1.96. The number of aromatic nitrogens is 3. The van der Waals surface area contributed by atoms with Gasteiger partial charge in [-0.3, -0.25) is 14.6 Å². The fourth-order valence-corrected chi connectivity index (χ4v) is 2.12. The highest BCUT2D eigenvalue weighted by Gasteiger charge is 2.14. The quantitative estimate of drug-likeness (QED) is 0.588. The van der Waals surface area contributed by atoms with Gasteiger partial charge in [0, 0.05) is 19.9 Å². The maximum atomic E-state index is 13.3. The number of hydrogen-bond acceptors (Lipinski definition) is 4. The summed E-state index contributed by atoms with van der Waals surface area (Å²) in [5.41, 5.74) is 1.80. The van der Waals surface area contributed by atoms with Crippen LogP contribution in [0, 0.1) is 5.82 Å². The molecule has 0 radical (unpaired) electrons. The first-order chi connectivity index (χ1) is 12.6. The predicted octanol–water partition coefficient (Wildman–Crippen LogP) is 5.43. The minimum atomic E-state index is -0.380. The van der Waals surface area contributed by atoms with E-state index in [0.717, 1.165) is 5.39 Å². The van der Waals surface area contributed by atoms with Crippen molar-refractivity contribution in [1.29, 1.82) is 0 Å². The zero-order valence-corrected chi connectivity index (χ0v) is 16.2. The van der Waals surface area contributed by atoms with Crippen molar-refractivity contribution in [3.05, 3.63) is 36.1 Å². The maximum absolute atomic E-state index is 13.3. The minimum Gasteiger partial charge on any atom is -0.496 e. The topological polar surface area (TPSA) is 79.9 Å². The number of aromatic amines is 1. The molecule has 0 atom stereocenters. The van der Waals surface area contributed by atoms with E-state index in [1.807, 2.05) is 13.8 Å². The molecule has 2 aromatic heterocycles. The molecule has 2 N–H and O–H groups in total. The fourth-order valence-electron chi connectivity index (χ4n) is 2.12. The zero-order valence-electron chi connectivity index (χ0n) is 16.2. The Bertz CT molecular complexity index is 848. The molecular weight excluding hydrogens is 354 g/mol. The van der Waals surface area contributed by atoms with E-state index < -0.39 is 0 Å². The highest BCUT2D eigenvalue weighted by molar-refractivity contribution is 5.93. The Morgan fingerprint density at radius 1 is 1.26 bits per heavy atom. The molecule has 0 aliphatic rings. The van der Waals surface area contributed by atoms with Gasteiger partial charge in [-0.15, -0.1) is 0 Å². The molecule has 2 heterocycles. The maximum Gasteiger partial charge on any atom is 0.212 e. The van der Waals surface area contributed by atoms with E-state index >= 15 is 0 Å². The van der Waals surface area contributed by atoms with Crippen LogP contribution in [0.5, 0.6) is 5.75 Å². The number of nitrogens with one attached hydrogen (secondary N) is 2. The van der Waals surface area contributed by atoms with Gasteiger partial charge in [0.15, 0.2) is 5.65 Å². The van der Waals surface area contributed by atoms with E-state index in [2.05, 4.69) is 34.3 Å². The van der Waals surface area contributed by atoms with Gasteiger partial charge in [0.05, 0.1) is 12.8 Å². The van der Waals surface area contributed by atoms with E-state index in [1.165, 1.54) is 25.7 Å². The van der Waals surface area contributed by atoms with Crippen LogP contribution in [0.4, 0.5) is 14.9 Å². The number of methoxy groups -OCH3 is 1. The van der Waals surface area contributed by atoms with E-state index in [1.54, 1.807) is 18.2 Å². The summed E-state index contributed by atoms with van der Waals surface area (Å²) in [5, 5.41) is 10.2. The van der Waals surface area contributed by atoms with Crippen LogP contribution in [0.15, 0.2) is 30.3 Å². The molecular formula is C19H30F2N4O2. The number of anilines is 1. The van der Waals surface area contributed by atoms with Gasteiger partial charge < -0.3 is 10.1 Å². The molecule has 0 saturated heterocycles. The van der Waals surface area contributed by atoms with Crippen molar-refractivity contribution < 1.29 is 21.5 Å². The van der Waals surface area contributed by atoms with Crippen LogP contribution in [0.1, 0.15) is 37.0 Å². The van der Waals surface area contributed by atoms with Crippen molar-refractivity contribution in [3.63, 3.8) is 0 Å². The molecule has 0 aliphatic carbocycles. The Morgan fingerprint density at radius 3 is 2.52 bits per heavy atom. The van der Waals surface area contributed by atoms with Crippen LogP contribution in [-0.2, 0) is 4.79 Å². The molecule has 1 aromatic carbocycles. The van der Waals surface area contributed by atoms with Crippen molar-refractivity contribution in [2.45, 2.75) is 34.1 Å². The Balaban J connectivity index is -0.000000777. The lowest BCUT2D eigenvalue weighted by Gasteiger charge is -2.07. The lowest BCUT2D eigenvalue weighted by atomic mass is 10.1. The van der Waals surface area contributed by atoms with Gasteiger partial charge in [-0.25, -0.2) is 9.37 Å². The summed E-state index contributed by atoms with van der Waals surface area (Å²) in [6.45, 7) is 8.25. The Hall–Kier alpha value is -3.03. The summed E-state index contributed by atoms with van der Waals surface area (Å²) in [4.78, 5) is 14.6. The predicted molar refractivity (Wildman–Crippen MR) is 110 cm³/mol. The molecule has 0 saturated carbocycles. The van der Waals surface area contributed by atoms with Gasteiger partial charge in [0.25, 0.3) is 0 Å². The third-order valence-corrected chi connectivity index (χ3v) is 3.06. The number of fused-ring (bicyclic) bond motifs is 1. The lowest BCUT2D eigenvalue weighted by molar-refractivity contribution is -0.105. The number of benzene rings is 1. The monoisotopic (exact) mass is 384 g/mol. The number of carbonyl (C=O) groups excluding carboxylic acids is 1. The molecule has 3 rings (SSSR count). The molecule has 3 aromatic rings. The molecule has 0 spiro atoms. The van der Waals surface area contributed by atoms with Gasteiger partial charge in [0.2, 0.25) is 6.41 Å². The van der Waals surface area contributed by atoms with E-state index in [0.29, 0.717) is 34.9 Å². The standard InChI is InChI=1S/C14H11FN4O2.C3H8.C2H6.FH.2H2/c1-21-11-6-8(15)2-3-9(11)13-10-4-5-12(16-7-20)17-14(10)19-18-13;1-3-2;1-2;;;/h2-7H,1H3,(H2,16,17,18,19,20);3H2,1-2H3;1-2H3;3*1H. The summed E-state index contributed by atoms with van der Waals surface area (Å²) in [7, 11) is 1.47. The average Bonchev–Trinajstić information content (AvgIpc) is 3.07. The van der Waals surface area contributed by atoms with Crippen LogP contribution in [0.25, 0.3) is 22.3 Å². The number of rotatable bonds is 4. The van der Waals surface area contributed by atoms with Crippen molar-refractivity contribution in [3.8, 4) is 17.0 Å². The Labute approximate surface area is 160 Å². The molecule has 1 amide bonds. The van der Waals surface area contributed by atoms with Gasteiger partial charge in [-0.2, -0.15) is 5.10 Å². The molecule has 6 nitrogen and oxygen atoms in total. The van der Waals surface area contributed by atoms with Crippen LogP contribution in [-0.4, -0.2) is 28.7 Å². The van der Waals surface area contributed by atoms with Crippen LogP contribution >= 0.6 is 0 Å². The molecule has 0 aliphatic heterocycles. The largest absolute Gasteiger partial charge is 0.496 e. The summed E-state index contributed by atoms with van der Waals surface area (Å²) in [5.74, 6) is 0.423. The van der Waals surface area contributed by atoms with E-state index in [-0.39, 0.29) is 13.4 Å². The highest BCUT2D eigenvalue weighted by atomic mass is 19.1. The molecule has 152 valence electrons. The van der Waals surface area contributed by atoms with Crippen LogP contribution < -0.4 is 10.1 Å². The Morgan fingerprint density at radius 2 is 1.93 bits per heavy atom. The molecule has 0 unspecified atom stereocenters. The van der Waals surface area contributed by atoms with Crippen molar-refractivity contribution >= 4 is 23.3 Å². The molecule has 0 bridgehead atoms. The first-order valence-electron chi connectivity index (χ1n) is 8.53. The second-order valence-electron chi connectivity index (χ2n) is 4.98. The summed E-state index contributed by atoms with van der Waals surface area (Å²) < 4.78 is 18.5. The third kappa shape index (κ3) is 6.02. The molecule has 0 fully saturated rings. The summed E-state index contributed by atoms with van der Waals surface area (Å²) in [6.07, 6.45) is 1.80. The van der Waals surface area contributed by atoms with Gasteiger partial charge in [-0.1, -0.05) is 34.1 Å². The van der Waals surface area contributed by atoms with Crippen molar-refractivity contribution in [2.75, 3.05) is 12.4 Å². The number of hydrogen-bond donors (Lipinski definition) is 2. The fraction of sp³-hybridized carbons (Fsp3) is 0.316. The second-order valence-corrected chi connectivity index (χ2v) is 4.98. The first-order valence-corrected chi connectivity index (χ1v) is 8.53. The number of carbonyl (C=O) groups is 1. The number of H-pyrrole nitrogens is 1. The van der Waals surface area contributed by atoms with Gasteiger partial charge in [0.1, 0.15) is 17.4 Å². The number of pyridine rings is 1. The van der Waals surface area contributed by atoms with Crippen molar-refractivity contribution in [1.82, 2.24) is 15.2 Å². The normalized spacial score (nSPS) is 9.11. The second kappa shape index (κ2) is 12.3. The number of halogens is 2. The Kier molecular flexibility index (Phi) is 11.0. The van der Waals surface area contributed by atoms with Crippen LogP contribution in [0.3, 0.4) is 0 Å². The smallest absolute Gasteiger partial charge is 0.212 e. The van der Waals surface area contributed by atoms with Gasteiger partial charge >= 0.3 is 0 Å². The minimum absolute atomic E-state index is 0. The SMILES string of the molecule is CC.CCC.COc1cc(F)ccc1-c1[nH]nc2nc(NC=O)ccc12.F.[HH].[HH]. The van der Waals surface area contributed by atoms with Crippen molar-refractivity contribution in [2.24, 2.45) is 0 Å². The number of ether oxygens (including phenoxy) is 1. The molecule has 27 heavy (non-hydrogen) atoms. The van der Waals surface area contributed by atoms with Gasteiger partial charge in [-0.05, 0) is 24.3 Å². The van der Waals surface area contributed by atoms with Crippen LogP contribution in [0.2, 0.25) is 0 Å². The summed E-state index contributed by atoms with van der Waals surface area (Å²) in [6, 6.07) is 7.69. The molecule has 8 heteroatoms. The first kappa shape index (κ1) is 24.0. The highest BCUT2D eigenvalue weighted by Crippen LogP contribution is 2.33. The van der Waals surface area contributed by atoms with E-state index in [4.69, 9.17) is 4.74 Å². The third-order valence-electron chi connectivity index (χ3n) is 3.06. The average molecular weight is 384 g/mol. The van der Waals surface area contributed by atoms with E-state index in [9.17, 15) is 9.18 Å². The summed E-state index contributed by atoms with van der Waals surface area (Å²) >= 11 is 0. The number of amides is 1. The number of nitrogens with zero attached hydrogens (tertiary/aromatic N) is 2.